The van der Waals surface area contributed by atoms with E-state index in [9.17, 15) is 9.59 Å². The molecular weight excluding hydrogens is 338 g/mol. The largest absolute Gasteiger partial charge is 0.381 e. The van der Waals surface area contributed by atoms with E-state index < -0.39 is 0 Å². The third kappa shape index (κ3) is 5.02. The summed E-state index contributed by atoms with van der Waals surface area (Å²) < 4.78 is 0. The molecule has 0 bridgehead atoms. The Balaban J connectivity index is 1.53. The van der Waals surface area contributed by atoms with Crippen molar-refractivity contribution in [1.29, 1.82) is 0 Å². The van der Waals surface area contributed by atoms with Crippen LogP contribution in [0.1, 0.15) is 57.9 Å². The first-order valence-electron chi connectivity index (χ1n) is 10.3. The lowest BCUT2D eigenvalue weighted by molar-refractivity contribution is -0.140. The molecule has 5 nitrogen and oxygen atoms in total. The van der Waals surface area contributed by atoms with Crippen LogP contribution in [-0.2, 0) is 9.59 Å². The third-order valence-corrected chi connectivity index (χ3v) is 5.97. The Labute approximate surface area is 163 Å². The predicted octanol–water partition coefficient (Wildman–Crippen LogP) is 3.47. The summed E-state index contributed by atoms with van der Waals surface area (Å²) >= 11 is 0. The summed E-state index contributed by atoms with van der Waals surface area (Å²) in [7, 11) is 0. The summed E-state index contributed by atoms with van der Waals surface area (Å²) in [6.45, 7) is 9.07. The molecule has 2 saturated heterocycles. The number of hydrogen-bond acceptors (Lipinski definition) is 3. The van der Waals surface area contributed by atoms with Gasteiger partial charge in [0.1, 0.15) is 0 Å². The normalized spacial score (nSPS) is 21.4. The zero-order valence-corrected chi connectivity index (χ0v) is 16.9. The number of rotatable bonds is 4. The molecule has 27 heavy (non-hydrogen) atoms. The van der Waals surface area contributed by atoms with Gasteiger partial charge in [0.05, 0.1) is 0 Å². The van der Waals surface area contributed by atoms with Gasteiger partial charge < -0.3 is 15.1 Å². The molecule has 0 spiro atoms. The second kappa shape index (κ2) is 8.77. The first-order valence-corrected chi connectivity index (χ1v) is 10.3. The average Bonchev–Trinajstić information content (AvgIpc) is 2.68. The molecule has 2 heterocycles. The fourth-order valence-electron chi connectivity index (χ4n) is 4.19. The molecule has 2 aliphatic rings. The van der Waals surface area contributed by atoms with Crippen LogP contribution in [-0.4, -0.2) is 53.8 Å². The number of benzene rings is 1. The molecule has 0 unspecified atom stereocenters. The zero-order valence-electron chi connectivity index (χ0n) is 16.9. The van der Waals surface area contributed by atoms with E-state index in [-0.39, 0.29) is 17.7 Å². The van der Waals surface area contributed by atoms with Crippen LogP contribution in [0.25, 0.3) is 0 Å². The maximum absolute atomic E-state index is 12.9. The molecule has 148 valence electrons. The van der Waals surface area contributed by atoms with E-state index in [1.807, 2.05) is 9.80 Å². The molecule has 0 saturated carbocycles. The first-order chi connectivity index (χ1) is 12.9. The van der Waals surface area contributed by atoms with Crippen molar-refractivity contribution in [2.75, 3.05) is 31.5 Å². The van der Waals surface area contributed by atoms with Crippen LogP contribution in [0.2, 0.25) is 0 Å². The van der Waals surface area contributed by atoms with E-state index in [4.69, 9.17) is 0 Å². The highest BCUT2D eigenvalue weighted by Gasteiger charge is 2.31. The van der Waals surface area contributed by atoms with E-state index in [0.717, 1.165) is 44.5 Å². The van der Waals surface area contributed by atoms with Gasteiger partial charge in [-0.15, -0.1) is 0 Å². The van der Waals surface area contributed by atoms with Crippen LogP contribution in [0.15, 0.2) is 24.3 Å². The highest BCUT2D eigenvalue weighted by atomic mass is 16.2. The van der Waals surface area contributed by atoms with Crippen LogP contribution < -0.4 is 5.32 Å². The van der Waals surface area contributed by atoms with Gasteiger partial charge >= 0.3 is 0 Å². The molecule has 2 fully saturated rings. The Bertz CT molecular complexity index is 648. The number of nitrogens with one attached hydrogen (secondary N) is 1. The second-order valence-electron chi connectivity index (χ2n) is 8.32. The molecule has 0 aromatic heterocycles. The minimum atomic E-state index is 0.0738. The van der Waals surface area contributed by atoms with Crippen LogP contribution in [0, 0.1) is 5.92 Å². The standard InChI is InChI=1S/C22H33N3O2/c1-16(2)18-6-8-20(9-7-18)23-21-5-4-12-25(15-21)22(27)19-10-13-24(14-11-19)17(3)26/h6-9,16,19,21,23H,4-5,10-15H2,1-3H3/t21-/m1/s1. The Hall–Kier alpha value is -2.04. The Morgan fingerprint density at radius 3 is 2.26 bits per heavy atom. The third-order valence-electron chi connectivity index (χ3n) is 5.97. The van der Waals surface area contributed by atoms with Crippen molar-refractivity contribution >= 4 is 17.5 Å². The van der Waals surface area contributed by atoms with E-state index in [1.54, 1.807) is 6.92 Å². The van der Waals surface area contributed by atoms with Crippen molar-refractivity contribution in [3.05, 3.63) is 29.8 Å². The van der Waals surface area contributed by atoms with Crippen molar-refractivity contribution in [3.63, 3.8) is 0 Å². The van der Waals surface area contributed by atoms with Crippen molar-refractivity contribution in [2.24, 2.45) is 5.92 Å². The van der Waals surface area contributed by atoms with Crippen molar-refractivity contribution < 1.29 is 9.59 Å². The number of amides is 2. The quantitative estimate of drug-likeness (QED) is 0.882. The second-order valence-corrected chi connectivity index (χ2v) is 8.32. The van der Waals surface area contributed by atoms with Gasteiger partial charge in [-0.25, -0.2) is 0 Å². The average molecular weight is 372 g/mol. The molecule has 1 atom stereocenters. The molecule has 3 rings (SSSR count). The van der Waals surface area contributed by atoms with Gasteiger partial charge in [0.25, 0.3) is 0 Å². The van der Waals surface area contributed by atoms with Gasteiger partial charge in [-0.3, -0.25) is 9.59 Å². The summed E-state index contributed by atoms with van der Waals surface area (Å²) in [6, 6.07) is 8.97. The van der Waals surface area contributed by atoms with E-state index >= 15 is 0 Å². The molecule has 0 radical (unpaired) electrons. The van der Waals surface area contributed by atoms with Crippen molar-refractivity contribution in [3.8, 4) is 0 Å². The van der Waals surface area contributed by atoms with Gasteiger partial charge in [-0.2, -0.15) is 0 Å². The number of piperidine rings is 2. The number of nitrogens with zero attached hydrogens (tertiary/aromatic N) is 2. The van der Waals surface area contributed by atoms with Gasteiger partial charge in [0.2, 0.25) is 11.8 Å². The van der Waals surface area contributed by atoms with E-state index in [0.29, 0.717) is 25.0 Å². The van der Waals surface area contributed by atoms with Gasteiger partial charge in [0, 0.05) is 50.7 Å². The number of anilines is 1. The molecule has 1 N–H and O–H groups in total. The highest BCUT2D eigenvalue weighted by molar-refractivity contribution is 5.80. The van der Waals surface area contributed by atoms with E-state index in [1.165, 1.54) is 5.56 Å². The van der Waals surface area contributed by atoms with Crippen molar-refractivity contribution in [1.82, 2.24) is 9.80 Å². The molecular formula is C22H33N3O2. The van der Waals surface area contributed by atoms with Gasteiger partial charge in [-0.05, 0) is 49.3 Å². The maximum Gasteiger partial charge on any atom is 0.225 e. The lowest BCUT2D eigenvalue weighted by Crippen LogP contribution is -2.49. The summed E-state index contributed by atoms with van der Waals surface area (Å²) in [5.41, 5.74) is 2.48. The number of carbonyl (C=O) groups excluding carboxylic acids is 2. The molecule has 0 aliphatic carbocycles. The Kier molecular flexibility index (Phi) is 6.40. The first kappa shape index (κ1) is 19.7. The highest BCUT2D eigenvalue weighted by Crippen LogP contribution is 2.24. The summed E-state index contributed by atoms with van der Waals surface area (Å²) in [5, 5.41) is 3.61. The minimum Gasteiger partial charge on any atom is -0.381 e. The Morgan fingerprint density at radius 1 is 1.00 bits per heavy atom. The fraction of sp³-hybridized carbons (Fsp3) is 0.636. The van der Waals surface area contributed by atoms with Gasteiger partial charge in [0.15, 0.2) is 0 Å². The molecule has 2 amide bonds. The number of likely N-dealkylation sites (tertiary alicyclic amines) is 2. The number of hydrogen-bond donors (Lipinski definition) is 1. The lowest BCUT2D eigenvalue weighted by atomic mass is 9.93. The van der Waals surface area contributed by atoms with Crippen LogP contribution in [0.5, 0.6) is 0 Å². The fourth-order valence-corrected chi connectivity index (χ4v) is 4.19. The van der Waals surface area contributed by atoms with Crippen LogP contribution in [0.4, 0.5) is 5.69 Å². The topological polar surface area (TPSA) is 52.7 Å². The number of carbonyl (C=O) groups is 2. The molecule has 5 heteroatoms. The van der Waals surface area contributed by atoms with Crippen molar-refractivity contribution in [2.45, 2.75) is 58.4 Å². The van der Waals surface area contributed by atoms with Crippen LogP contribution >= 0.6 is 0 Å². The van der Waals surface area contributed by atoms with E-state index in [2.05, 4.69) is 43.4 Å². The van der Waals surface area contributed by atoms with Crippen LogP contribution in [0.3, 0.4) is 0 Å². The Morgan fingerprint density at radius 2 is 1.67 bits per heavy atom. The zero-order chi connectivity index (χ0) is 19.4. The monoisotopic (exact) mass is 371 g/mol. The maximum atomic E-state index is 12.9. The lowest BCUT2D eigenvalue weighted by Gasteiger charge is -2.38. The molecule has 2 aliphatic heterocycles. The molecule has 1 aromatic carbocycles. The smallest absolute Gasteiger partial charge is 0.225 e. The van der Waals surface area contributed by atoms with Gasteiger partial charge in [-0.1, -0.05) is 26.0 Å². The summed E-state index contributed by atoms with van der Waals surface area (Å²) in [5.74, 6) is 1.01. The summed E-state index contributed by atoms with van der Waals surface area (Å²) in [4.78, 5) is 28.3. The summed E-state index contributed by atoms with van der Waals surface area (Å²) in [6.07, 6.45) is 3.73. The molecule has 1 aromatic rings. The minimum absolute atomic E-state index is 0.0738. The predicted molar refractivity (Wildman–Crippen MR) is 109 cm³/mol. The SMILES string of the molecule is CC(=O)N1CCC(C(=O)N2CCC[C@@H](Nc3ccc(C(C)C)cc3)C2)CC1.